The third-order valence-corrected chi connectivity index (χ3v) is 11.5. The highest BCUT2D eigenvalue weighted by Gasteiger charge is 2.50. The van der Waals surface area contributed by atoms with Crippen molar-refractivity contribution in [1.29, 1.82) is 0 Å². The van der Waals surface area contributed by atoms with Crippen LogP contribution in [0.1, 0.15) is 102 Å². The summed E-state index contributed by atoms with van der Waals surface area (Å²) in [6.07, 6.45) is 5.48. The number of likely N-dealkylation sites (tertiary alicyclic amines) is 1. The second kappa shape index (κ2) is 17.9. The summed E-state index contributed by atoms with van der Waals surface area (Å²) in [6.45, 7) is 10.3. The van der Waals surface area contributed by atoms with E-state index in [1.54, 1.807) is 11.3 Å². The fourth-order valence-corrected chi connectivity index (χ4v) is 7.91. The molecular formula is C42H57N5O6S. The predicted octanol–water partition coefficient (Wildman–Crippen LogP) is 5.80. The molecule has 0 spiro atoms. The first-order valence-electron chi connectivity index (χ1n) is 19.3. The van der Waals surface area contributed by atoms with Crippen molar-refractivity contribution in [2.24, 2.45) is 17.1 Å². The van der Waals surface area contributed by atoms with Crippen molar-refractivity contribution in [3.8, 4) is 16.2 Å². The molecule has 4 atom stereocenters. The average molecular weight is 760 g/mol. The Morgan fingerprint density at radius 3 is 2.46 bits per heavy atom. The van der Waals surface area contributed by atoms with E-state index in [-0.39, 0.29) is 48.9 Å². The molecular weight excluding hydrogens is 703 g/mol. The zero-order valence-electron chi connectivity index (χ0n) is 32.4. The molecule has 2 fully saturated rings. The molecule has 1 aliphatic carbocycles. The molecule has 292 valence electrons. The van der Waals surface area contributed by atoms with E-state index in [4.69, 9.17) is 10.5 Å². The number of aliphatic hydroxyl groups excluding tert-OH is 1. The van der Waals surface area contributed by atoms with Crippen molar-refractivity contribution >= 4 is 35.0 Å². The lowest BCUT2D eigenvalue weighted by molar-refractivity contribution is -0.144. The van der Waals surface area contributed by atoms with E-state index in [0.717, 1.165) is 65.1 Å². The molecule has 4 amide bonds. The standard InChI is InChI=1S/C42H57N5O6S/c1-27(14-19-35(43)49)25-53-33-12-9-11-29(22-33)10-7-6-8-13-36(50)45-38(41(3,4)5)40(52)47-24-32(48)23-34(47)39(51)46-42(20-21-42)31-17-15-30(16-18-31)37-28(2)44-26-54-37/h9,11-12,15-18,22,26-27,32,34,38,48H,6-8,10,13-14,19-21,23-25H2,1-5H3,(H2,43,49)(H,45,50)(H,46,51)/t27-,32+,34-,38+/m0/s1. The lowest BCUT2D eigenvalue weighted by atomic mass is 9.85. The van der Waals surface area contributed by atoms with Crippen molar-refractivity contribution in [3.05, 3.63) is 70.9 Å². The number of aromatic nitrogens is 1. The number of nitrogens with zero attached hydrogens (tertiary/aromatic N) is 2. The van der Waals surface area contributed by atoms with Gasteiger partial charge in [0.05, 0.1) is 34.3 Å². The van der Waals surface area contributed by atoms with Crippen molar-refractivity contribution in [1.82, 2.24) is 20.5 Å². The van der Waals surface area contributed by atoms with Crippen LogP contribution in [0.5, 0.6) is 5.75 Å². The Kier molecular flexibility index (Phi) is 13.6. The van der Waals surface area contributed by atoms with Crippen LogP contribution in [0.25, 0.3) is 10.4 Å². The number of hydrogen-bond donors (Lipinski definition) is 4. The van der Waals surface area contributed by atoms with E-state index < -0.39 is 29.1 Å². The van der Waals surface area contributed by atoms with Gasteiger partial charge in [-0.1, -0.05) is 70.5 Å². The van der Waals surface area contributed by atoms with Gasteiger partial charge < -0.3 is 31.1 Å². The molecule has 1 saturated heterocycles. The SMILES string of the molecule is Cc1ncsc1-c1ccc(C2(NC(=O)[C@@H]3C[C@@H](O)CN3C(=O)[C@@H](NC(=O)CCCCCc3cccc(OC[C@@H](C)CCC(N)=O)c3)C(C)(C)C)CC2)cc1. The number of aliphatic hydroxyl groups is 1. The molecule has 11 nitrogen and oxygen atoms in total. The number of ether oxygens (including phenoxy) is 1. The quantitative estimate of drug-likeness (QED) is 0.119. The Morgan fingerprint density at radius 1 is 1.07 bits per heavy atom. The maximum atomic E-state index is 14.1. The van der Waals surface area contributed by atoms with Crippen LogP contribution in [0.3, 0.4) is 0 Å². The third-order valence-electron chi connectivity index (χ3n) is 10.5. The minimum Gasteiger partial charge on any atom is -0.493 e. The Labute approximate surface area is 323 Å². The van der Waals surface area contributed by atoms with Gasteiger partial charge in [0.2, 0.25) is 23.6 Å². The summed E-state index contributed by atoms with van der Waals surface area (Å²) in [4.78, 5) is 59.1. The first-order valence-corrected chi connectivity index (χ1v) is 20.1. The molecule has 1 saturated carbocycles. The largest absolute Gasteiger partial charge is 0.493 e. The molecule has 2 heterocycles. The molecule has 3 aromatic rings. The molecule has 2 aliphatic rings. The van der Waals surface area contributed by atoms with Crippen molar-refractivity contribution in [2.45, 2.75) is 123 Å². The first-order chi connectivity index (χ1) is 25.6. The van der Waals surface area contributed by atoms with Gasteiger partial charge in [-0.3, -0.25) is 19.2 Å². The molecule has 0 bridgehead atoms. The monoisotopic (exact) mass is 759 g/mol. The topological polar surface area (TPSA) is 164 Å². The molecule has 1 aliphatic heterocycles. The molecule has 1 aromatic heterocycles. The summed E-state index contributed by atoms with van der Waals surface area (Å²) >= 11 is 1.60. The van der Waals surface area contributed by atoms with Crippen LogP contribution < -0.4 is 21.1 Å². The van der Waals surface area contributed by atoms with E-state index in [9.17, 15) is 24.3 Å². The van der Waals surface area contributed by atoms with Gasteiger partial charge in [-0.05, 0) is 85.6 Å². The number of benzene rings is 2. The number of carbonyl (C=O) groups excluding carboxylic acids is 4. The minimum absolute atomic E-state index is 0.0375. The molecule has 0 unspecified atom stereocenters. The average Bonchev–Trinajstić information content (AvgIpc) is 3.60. The van der Waals surface area contributed by atoms with Crippen LogP contribution in [-0.2, 0) is 31.1 Å². The van der Waals surface area contributed by atoms with Crippen LogP contribution >= 0.6 is 11.3 Å². The highest BCUT2D eigenvalue weighted by Crippen LogP contribution is 2.46. The maximum absolute atomic E-state index is 14.1. The van der Waals surface area contributed by atoms with Gasteiger partial charge in [-0.2, -0.15) is 0 Å². The van der Waals surface area contributed by atoms with Gasteiger partial charge in [0.15, 0.2) is 0 Å². The number of β-amino-alcohol motifs (C(OH)–C–C–N with tert-alkyl or cyclic N) is 1. The van der Waals surface area contributed by atoms with Gasteiger partial charge >= 0.3 is 0 Å². The lowest BCUT2D eigenvalue weighted by Crippen LogP contribution is -2.58. The molecule has 5 rings (SSSR count). The fraction of sp³-hybridized carbons (Fsp3) is 0.548. The number of primary amides is 1. The molecule has 5 N–H and O–H groups in total. The normalized spacial score (nSPS) is 18.8. The zero-order chi connectivity index (χ0) is 39.0. The number of nitrogens with one attached hydrogen (secondary N) is 2. The number of hydrogen-bond acceptors (Lipinski definition) is 8. The molecule has 54 heavy (non-hydrogen) atoms. The summed E-state index contributed by atoms with van der Waals surface area (Å²) in [5.74, 6) is -0.140. The number of carbonyl (C=O) groups is 4. The highest BCUT2D eigenvalue weighted by molar-refractivity contribution is 7.13. The number of amides is 4. The van der Waals surface area contributed by atoms with Crippen LogP contribution in [0.4, 0.5) is 0 Å². The van der Waals surface area contributed by atoms with E-state index in [2.05, 4.69) is 33.8 Å². The first kappa shape index (κ1) is 40.9. The Bertz CT molecular complexity index is 1760. The smallest absolute Gasteiger partial charge is 0.246 e. The zero-order valence-corrected chi connectivity index (χ0v) is 33.2. The highest BCUT2D eigenvalue weighted by atomic mass is 32.1. The van der Waals surface area contributed by atoms with E-state index in [0.29, 0.717) is 25.9 Å². The van der Waals surface area contributed by atoms with E-state index >= 15 is 0 Å². The summed E-state index contributed by atoms with van der Waals surface area (Å²) in [6, 6.07) is 14.5. The van der Waals surface area contributed by atoms with Crippen LogP contribution in [0.15, 0.2) is 54.0 Å². The predicted molar refractivity (Wildman–Crippen MR) is 211 cm³/mol. The lowest BCUT2D eigenvalue weighted by Gasteiger charge is -2.35. The molecule has 0 radical (unpaired) electrons. The fourth-order valence-electron chi connectivity index (χ4n) is 7.10. The molecule has 2 aromatic carbocycles. The number of aryl methyl sites for hydroxylation is 2. The molecule has 12 heteroatoms. The van der Waals surface area contributed by atoms with Gasteiger partial charge in [0.25, 0.3) is 0 Å². The van der Waals surface area contributed by atoms with Crippen molar-refractivity contribution in [2.75, 3.05) is 13.2 Å². The number of nitrogens with two attached hydrogens (primary N) is 1. The summed E-state index contributed by atoms with van der Waals surface area (Å²) in [5, 5.41) is 16.9. The summed E-state index contributed by atoms with van der Waals surface area (Å²) in [7, 11) is 0. The van der Waals surface area contributed by atoms with Gasteiger partial charge in [-0.25, -0.2) is 4.98 Å². The Balaban J connectivity index is 1.10. The number of unbranched alkanes of at least 4 members (excludes halogenated alkanes) is 2. The number of thiazole rings is 1. The number of rotatable bonds is 18. The van der Waals surface area contributed by atoms with Gasteiger partial charge in [0.1, 0.15) is 17.8 Å². The van der Waals surface area contributed by atoms with Crippen molar-refractivity contribution < 1.29 is 29.0 Å². The summed E-state index contributed by atoms with van der Waals surface area (Å²) < 4.78 is 5.93. The van der Waals surface area contributed by atoms with E-state index in [1.807, 2.05) is 70.5 Å². The third kappa shape index (κ3) is 10.9. The Hall–Kier alpha value is -4.29. The Morgan fingerprint density at radius 2 is 1.81 bits per heavy atom. The maximum Gasteiger partial charge on any atom is 0.246 e. The van der Waals surface area contributed by atoms with Gasteiger partial charge in [-0.15, -0.1) is 11.3 Å². The minimum atomic E-state index is -0.857. The van der Waals surface area contributed by atoms with Crippen LogP contribution in [0, 0.1) is 18.3 Å². The van der Waals surface area contributed by atoms with E-state index in [1.165, 1.54) is 4.90 Å². The second-order valence-electron chi connectivity index (χ2n) is 16.3. The van der Waals surface area contributed by atoms with Crippen LogP contribution in [0.2, 0.25) is 0 Å². The van der Waals surface area contributed by atoms with Gasteiger partial charge in [0, 0.05) is 25.8 Å². The van der Waals surface area contributed by atoms with Crippen molar-refractivity contribution in [3.63, 3.8) is 0 Å². The summed E-state index contributed by atoms with van der Waals surface area (Å²) in [5.41, 5.74) is 10.2. The second-order valence-corrected chi connectivity index (χ2v) is 17.2. The van der Waals surface area contributed by atoms with Crippen LogP contribution in [-0.4, -0.2) is 70.0 Å².